The van der Waals surface area contributed by atoms with Gasteiger partial charge in [0.2, 0.25) is 0 Å². The Bertz CT molecular complexity index is 1090. The number of carbonyl (C=O) groups excluding carboxylic acids is 1. The molecule has 2 N–H and O–H groups in total. The Morgan fingerprint density at radius 1 is 1.28 bits per heavy atom. The predicted molar refractivity (Wildman–Crippen MR) is 137 cm³/mol. The molecule has 1 aliphatic rings. The Balaban J connectivity index is 1.61. The lowest BCUT2D eigenvalue weighted by molar-refractivity contribution is -0.117. The fourth-order valence-electron chi connectivity index (χ4n) is 2.94. The van der Waals surface area contributed by atoms with Crippen LogP contribution in [-0.2, 0) is 4.79 Å². The number of rotatable bonds is 8. The molecule has 0 aliphatic heterocycles. The number of halogens is 2. The van der Waals surface area contributed by atoms with Crippen molar-refractivity contribution in [3.8, 4) is 0 Å². The van der Waals surface area contributed by atoms with E-state index >= 15 is 0 Å². The first kappa shape index (κ1) is 24.6. The van der Waals surface area contributed by atoms with Crippen LogP contribution in [0.25, 0.3) is 0 Å². The third-order valence-corrected chi connectivity index (χ3v) is 7.45. The molecule has 0 aromatic carbocycles. The van der Waals surface area contributed by atoms with Crippen LogP contribution in [0.5, 0.6) is 0 Å². The number of pyridine rings is 1. The van der Waals surface area contributed by atoms with Crippen LogP contribution in [0.2, 0.25) is 0 Å². The first-order chi connectivity index (χ1) is 15.3. The van der Waals surface area contributed by atoms with Crippen molar-refractivity contribution in [3.63, 3.8) is 0 Å². The van der Waals surface area contributed by atoms with Crippen LogP contribution < -0.4 is 10.6 Å². The van der Waals surface area contributed by atoms with E-state index in [2.05, 4.69) is 20.6 Å². The molecule has 1 unspecified atom stereocenters. The normalized spacial score (nSPS) is 16.2. The van der Waals surface area contributed by atoms with Gasteiger partial charge in [-0.05, 0) is 56.4 Å². The average Bonchev–Trinajstić information content (AvgIpc) is 3.19. The summed E-state index contributed by atoms with van der Waals surface area (Å²) in [6.45, 7) is 6.28. The molecule has 0 radical (unpaired) electrons. The van der Waals surface area contributed by atoms with Gasteiger partial charge in [-0.1, -0.05) is 64.0 Å². The molecular formula is C23H24Cl2N4OS2. The van der Waals surface area contributed by atoms with Gasteiger partial charge in [-0.25, -0.2) is 9.97 Å². The number of aromatic nitrogens is 2. The Morgan fingerprint density at radius 3 is 2.81 bits per heavy atom. The first-order valence-electron chi connectivity index (χ1n) is 10.0. The largest absolute Gasteiger partial charge is 0.351 e. The number of amides is 1. The van der Waals surface area contributed by atoms with Crippen LogP contribution in [0, 0.1) is 5.92 Å². The Kier molecular flexibility index (Phi) is 8.99. The second kappa shape index (κ2) is 11.7. The van der Waals surface area contributed by atoms with E-state index in [0.29, 0.717) is 22.2 Å². The molecule has 32 heavy (non-hydrogen) atoms. The Hall–Kier alpha value is -2.06. The lowest BCUT2D eigenvalue weighted by atomic mass is 10.00. The molecule has 0 spiro atoms. The lowest BCUT2D eigenvalue weighted by Crippen LogP contribution is -2.31. The van der Waals surface area contributed by atoms with Crippen molar-refractivity contribution >= 4 is 63.2 Å². The number of anilines is 2. The van der Waals surface area contributed by atoms with Gasteiger partial charge in [0.1, 0.15) is 5.82 Å². The van der Waals surface area contributed by atoms with Crippen molar-refractivity contribution in [1.29, 1.82) is 0 Å². The summed E-state index contributed by atoms with van der Waals surface area (Å²) in [5.74, 6) is 0.624. The van der Waals surface area contributed by atoms with Crippen molar-refractivity contribution in [1.82, 2.24) is 15.3 Å². The third kappa shape index (κ3) is 6.97. The van der Waals surface area contributed by atoms with Crippen molar-refractivity contribution in [3.05, 3.63) is 74.9 Å². The van der Waals surface area contributed by atoms with Gasteiger partial charge in [0.15, 0.2) is 5.13 Å². The van der Waals surface area contributed by atoms with Crippen molar-refractivity contribution in [2.75, 3.05) is 11.9 Å². The fourth-order valence-corrected chi connectivity index (χ4v) is 5.36. The molecule has 168 valence electrons. The quantitative estimate of drug-likeness (QED) is 0.229. The van der Waals surface area contributed by atoms with Gasteiger partial charge >= 0.3 is 0 Å². The van der Waals surface area contributed by atoms with E-state index < -0.39 is 0 Å². The minimum Gasteiger partial charge on any atom is -0.351 e. The zero-order valence-electron chi connectivity index (χ0n) is 18.0. The number of allylic oxidation sites excluding steroid dienone is 5. The highest BCUT2D eigenvalue weighted by molar-refractivity contribution is 8.04. The summed E-state index contributed by atoms with van der Waals surface area (Å²) in [6.07, 6.45) is 9.98. The fraction of sp³-hybridized carbons (Fsp3) is 0.261. The average molecular weight is 508 g/mol. The van der Waals surface area contributed by atoms with Gasteiger partial charge in [-0.2, -0.15) is 0 Å². The molecule has 0 saturated heterocycles. The van der Waals surface area contributed by atoms with Gasteiger partial charge in [0, 0.05) is 29.3 Å². The molecule has 2 heterocycles. The SMILES string of the molecule is CC(C)=C(/C=C(\C)Sc1cnc(Nc2ccccn2)s1)C(=O)NCC1CC=CC(Cl)=C1Cl. The molecule has 1 amide bonds. The molecule has 0 fully saturated rings. The van der Waals surface area contributed by atoms with E-state index in [1.54, 1.807) is 24.0 Å². The minimum absolute atomic E-state index is 0.00167. The first-order valence-corrected chi connectivity index (χ1v) is 12.4. The number of nitrogens with one attached hydrogen (secondary N) is 2. The van der Waals surface area contributed by atoms with Gasteiger partial charge in [-0.3, -0.25) is 4.79 Å². The summed E-state index contributed by atoms with van der Waals surface area (Å²) in [4.78, 5) is 22.5. The molecule has 0 bridgehead atoms. The van der Waals surface area contributed by atoms with Gasteiger partial charge in [-0.15, -0.1) is 0 Å². The number of thiazole rings is 1. The van der Waals surface area contributed by atoms with Crippen LogP contribution >= 0.6 is 46.3 Å². The number of hydrogen-bond acceptors (Lipinski definition) is 6. The van der Waals surface area contributed by atoms with Gasteiger partial charge in [0.25, 0.3) is 5.91 Å². The molecule has 1 aliphatic carbocycles. The molecule has 2 aromatic rings. The zero-order valence-corrected chi connectivity index (χ0v) is 21.1. The van der Waals surface area contributed by atoms with Crippen molar-refractivity contribution < 1.29 is 4.79 Å². The second-order valence-electron chi connectivity index (χ2n) is 7.34. The standard InChI is InChI=1S/C23H24Cl2N4OS2/c1-14(2)17(22(30)27-12-16-7-6-8-18(24)21(16)25)11-15(3)31-20-13-28-23(32-20)29-19-9-4-5-10-26-19/h4-6,8-11,13,16H,7,12H2,1-3H3,(H,27,30)(H,26,28,29)/b15-11+. The van der Waals surface area contributed by atoms with Crippen LogP contribution in [0.15, 0.2) is 79.1 Å². The maximum absolute atomic E-state index is 12.9. The smallest absolute Gasteiger partial charge is 0.251 e. The molecule has 3 rings (SSSR count). The number of thioether (sulfide) groups is 1. The Morgan fingerprint density at radius 2 is 2.09 bits per heavy atom. The van der Waals surface area contributed by atoms with E-state index in [1.807, 2.05) is 57.3 Å². The van der Waals surface area contributed by atoms with Crippen LogP contribution in [-0.4, -0.2) is 22.4 Å². The summed E-state index contributed by atoms with van der Waals surface area (Å²) < 4.78 is 1.02. The predicted octanol–water partition coefficient (Wildman–Crippen LogP) is 7.00. The monoisotopic (exact) mass is 506 g/mol. The van der Waals surface area contributed by atoms with Crippen molar-refractivity contribution in [2.45, 2.75) is 31.4 Å². The van der Waals surface area contributed by atoms with Crippen LogP contribution in [0.3, 0.4) is 0 Å². The van der Waals surface area contributed by atoms with Crippen molar-refractivity contribution in [2.24, 2.45) is 5.92 Å². The Labute approximate surface area is 206 Å². The molecular weight excluding hydrogens is 483 g/mol. The summed E-state index contributed by atoms with van der Waals surface area (Å²) in [7, 11) is 0. The number of hydrogen-bond donors (Lipinski definition) is 2. The molecule has 9 heteroatoms. The molecule has 2 aromatic heterocycles. The highest BCUT2D eigenvalue weighted by Gasteiger charge is 2.19. The third-order valence-electron chi connectivity index (χ3n) is 4.56. The highest BCUT2D eigenvalue weighted by Crippen LogP contribution is 2.35. The van der Waals surface area contributed by atoms with E-state index in [-0.39, 0.29) is 11.8 Å². The van der Waals surface area contributed by atoms with E-state index in [4.69, 9.17) is 23.2 Å². The molecule has 1 atom stereocenters. The van der Waals surface area contributed by atoms with Crippen LogP contribution in [0.1, 0.15) is 27.2 Å². The summed E-state index contributed by atoms with van der Waals surface area (Å²) in [6, 6.07) is 5.67. The van der Waals surface area contributed by atoms with Crippen LogP contribution in [0.4, 0.5) is 10.9 Å². The molecule has 5 nitrogen and oxygen atoms in total. The highest BCUT2D eigenvalue weighted by atomic mass is 35.5. The van der Waals surface area contributed by atoms with Gasteiger partial charge < -0.3 is 10.6 Å². The van der Waals surface area contributed by atoms with Gasteiger partial charge in [0.05, 0.1) is 15.4 Å². The summed E-state index contributed by atoms with van der Waals surface area (Å²) >= 11 is 15.5. The van der Waals surface area contributed by atoms with E-state index in [9.17, 15) is 4.79 Å². The maximum Gasteiger partial charge on any atom is 0.251 e. The topological polar surface area (TPSA) is 66.9 Å². The second-order valence-corrected chi connectivity index (χ2v) is 10.7. The lowest BCUT2D eigenvalue weighted by Gasteiger charge is -2.19. The van der Waals surface area contributed by atoms with E-state index in [0.717, 1.165) is 32.1 Å². The number of carbonyl (C=O) groups is 1. The summed E-state index contributed by atoms with van der Waals surface area (Å²) in [5.41, 5.74) is 1.58. The van der Waals surface area contributed by atoms with E-state index in [1.165, 1.54) is 11.3 Å². The number of nitrogens with zero attached hydrogens (tertiary/aromatic N) is 2. The zero-order chi connectivity index (χ0) is 23.1. The minimum atomic E-state index is -0.123. The molecule has 0 saturated carbocycles. The summed E-state index contributed by atoms with van der Waals surface area (Å²) in [5, 5.41) is 8.08. The maximum atomic E-state index is 12.9.